The lowest BCUT2D eigenvalue weighted by Crippen LogP contribution is -2.54. The van der Waals surface area contributed by atoms with Crippen molar-refractivity contribution in [2.24, 2.45) is 105 Å². The maximum atomic E-state index is 14.5. The number of amides is 4. The third-order valence-electron chi connectivity index (χ3n) is 30.0. The van der Waals surface area contributed by atoms with Crippen LogP contribution in [-0.2, 0) is 18.9 Å². The number of nitrogens with zero attached hydrogens (tertiary/aromatic N) is 2. The van der Waals surface area contributed by atoms with Crippen LogP contribution in [0, 0.1) is 105 Å². The van der Waals surface area contributed by atoms with Gasteiger partial charge < -0.3 is 18.9 Å². The normalized spacial score (nSPS) is 35.2. The number of carbonyl (C=O) groups is 6. The van der Waals surface area contributed by atoms with E-state index in [9.17, 15) is 28.8 Å². The molecule has 4 amide bonds. The van der Waals surface area contributed by atoms with Crippen LogP contribution in [0.4, 0.5) is 9.59 Å². The van der Waals surface area contributed by atoms with Crippen LogP contribution in [0.25, 0.3) is 43.1 Å². The van der Waals surface area contributed by atoms with Crippen molar-refractivity contribution in [2.75, 3.05) is 26.3 Å². The number of benzene rings is 5. The Morgan fingerprint density at radius 2 is 0.760 bits per heavy atom. The topological polar surface area (TPSA) is 146 Å². The molecule has 516 valence electrons. The van der Waals surface area contributed by atoms with E-state index >= 15 is 0 Å². The molecule has 8 fully saturated rings. The molecule has 12 heteroatoms. The van der Waals surface area contributed by atoms with Crippen molar-refractivity contribution < 1.29 is 47.7 Å². The predicted molar refractivity (Wildman–Crippen MR) is 377 cm³/mol. The van der Waals surface area contributed by atoms with E-state index in [2.05, 4.69) is 69.2 Å². The molecule has 2 aliphatic heterocycles. The highest BCUT2D eigenvalue weighted by Crippen LogP contribution is 2.71. The van der Waals surface area contributed by atoms with Crippen LogP contribution in [0.2, 0.25) is 0 Å². The Morgan fingerprint density at radius 1 is 0.417 bits per heavy atom. The van der Waals surface area contributed by atoms with Gasteiger partial charge in [-0.2, -0.15) is 0 Å². The van der Waals surface area contributed by atoms with Crippen molar-refractivity contribution in [1.82, 2.24) is 9.80 Å². The minimum Gasteiger partial charge on any atom is -0.432 e. The fourth-order valence-electron chi connectivity index (χ4n) is 25.3. The largest absolute Gasteiger partial charge is 0.508 e. The monoisotopic (exact) mass is 1310 g/mol. The van der Waals surface area contributed by atoms with Gasteiger partial charge in [-0.1, -0.05) is 132 Å². The Hall–Kier alpha value is -5.78. The van der Waals surface area contributed by atoms with E-state index < -0.39 is 35.9 Å². The van der Waals surface area contributed by atoms with Crippen molar-refractivity contribution in [2.45, 2.75) is 236 Å². The highest BCUT2D eigenvalue weighted by atomic mass is 16.7. The summed E-state index contributed by atoms with van der Waals surface area (Å²) in [6, 6.07) is 14.6. The molecule has 5 aromatic carbocycles. The van der Waals surface area contributed by atoms with Gasteiger partial charge in [0.2, 0.25) is 0 Å². The van der Waals surface area contributed by atoms with Crippen LogP contribution >= 0.6 is 0 Å². The van der Waals surface area contributed by atoms with E-state index in [-0.39, 0.29) is 49.3 Å². The number of rotatable bonds is 18. The lowest BCUT2D eigenvalue weighted by Gasteiger charge is -2.61. The van der Waals surface area contributed by atoms with Gasteiger partial charge in [0.05, 0.1) is 13.1 Å². The second kappa shape index (κ2) is 25.1. The van der Waals surface area contributed by atoms with Gasteiger partial charge in [0.25, 0.3) is 23.6 Å². The van der Waals surface area contributed by atoms with Crippen LogP contribution in [0.5, 0.6) is 0 Å². The van der Waals surface area contributed by atoms with Crippen molar-refractivity contribution >= 4 is 79.0 Å². The molecule has 12 nitrogen and oxygen atoms in total. The fraction of sp³-hybridized carbons (Fsp3) is 0.690. The second-order valence-electron chi connectivity index (χ2n) is 35.3. The van der Waals surface area contributed by atoms with Crippen LogP contribution in [0.15, 0.2) is 48.5 Å². The van der Waals surface area contributed by atoms with Crippen LogP contribution in [0.1, 0.15) is 265 Å². The lowest BCUT2D eigenvalue weighted by atomic mass is 9.44. The summed E-state index contributed by atoms with van der Waals surface area (Å²) in [5, 5.41) is 5.79. The van der Waals surface area contributed by atoms with Gasteiger partial charge in [-0.15, -0.1) is 0 Å². The third-order valence-corrected chi connectivity index (χ3v) is 30.0. The minimum absolute atomic E-state index is 0.119. The zero-order chi connectivity index (χ0) is 67.1. The van der Waals surface area contributed by atoms with Crippen molar-refractivity contribution in [1.29, 1.82) is 0 Å². The van der Waals surface area contributed by atoms with Gasteiger partial charge in [0, 0.05) is 33.0 Å². The highest BCUT2D eigenvalue weighted by molar-refractivity contribution is 6.41. The summed E-state index contributed by atoms with van der Waals surface area (Å²) in [7, 11) is 0. The van der Waals surface area contributed by atoms with Crippen molar-refractivity contribution in [3.8, 4) is 0 Å². The summed E-state index contributed by atoms with van der Waals surface area (Å²) in [5.74, 6) is 8.68. The van der Waals surface area contributed by atoms with E-state index in [0.717, 1.165) is 142 Å². The van der Waals surface area contributed by atoms with Crippen LogP contribution in [-0.4, -0.2) is 84.3 Å². The number of hydrogen-bond acceptors (Lipinski definition) is 10. The number of hydrogen-bond donors (Lipinski definition) is 0. The summed E-state index contributed by atoms with van der Waals surface area (Å²) in [4.78, 5) is 87.1. The fourth-order valence-corrected chi connectivity index (χ4v) is 25.3. The van der Waals surface area contributed by atoms with Gasteiger partial charge in [-0.25, -0.2) is 9.59 Å². The van der Waals surface area contributed by atoms with Gasteiger partial charge >= 0.3 is 12.3 Å². The molecule has 0 N–H and O–H groups in total. The molecule has 8 saturated carbocycles. The smallest absolute Gasteiger partial charge is 0.432 e. The second-order valence-corrected chi connectivity index (χ2v) is 35.3. The average Bonchev–Trinajstić information content (AvgIpc) is 0.746. The van der Waals surface area contributed by atoms with Gasteiger partial charge in [0.15, 0.2) is 0 Å². The summed E-state index contributed by atoms with van der Waals surface area (Å²) in [6.45, 7) is 24.3. The van der Waals surface area contributed by atoms with E-state index in [1.165, 1.54) is 125 Å². The predicted octanol–water partition coefficient (Wildman–Crippen LogP) is 20.2. The van der Waals surface area contributed by atoms with E-state index in [1.807, 2.05) is 24.3 Å². The maximum Gasteiger partial charge on any atom is 0.508 e. The highest BCUT2D eigenvalue weighted by Gasteiger charge is 2.63. The van der Waals surface area contributed by atoms with Gasteiger partial charge in [-0.3, -0.25) is 29.0 Å². The Bertz CT molecular complexity index is 3520. The number of carbonyl (C=O) groups excluding carboxylic acids is 6. The Labute approximate surface area is 570 Å². The van der Waals surface area contributed by atoms with E-state index in [4.69, 9.17) is 18.9 Å². The molecular formula is C84H110N2O10. The lowest BCUT2D eigenvalue weighted by molar-refractivity contribution is -0.132. The molecule has 5 aromatic rings. The molecule has 10 aliphatic rings. The molecule has 96 heavy (non-hydrogen) atoms. The number of ether oxygens (including phenoxy) is 4. The maximum absolute atomic E-state index is 14.5. The Kier molecular flexibility index (Phi) is 17.3. The molecule has 15 rings (SSSR count). The molecule has 8 aliphatic carbocycles. The molecule has 2 unspecified atom stereocenters. The first-order valence-corrected chi connectivity index (χ1v) is 38.6. The first kappa shape index (κ1) is 66.1. The van der Waals surface area contributed by atoms with Crippen LogP contribution in [0.3, 0.4) is 0 Å². The van der Waals surface area contributed by atoms with Gasteiger partial charge in [-0.05, 0) is 277 Å². The zero-order valence-electron chi connectivity index (χ0n) is 59.6. The first-order chi connectivity index (χ1) is 46.0. The van der Waals surface area contributed by atoms with E-state index in [1.54, 1.807) is 24.3 Å². The first-order valence-electron chi connectivity index (χ1n) is 38.6. The Balaban J connectivity index is 0.548. The molecular weight excluding hydrogens is 1200 g/mol. The van der Waals surface area contributed by atoms with Crippen molar-refractivity contribution in [3.63, 3.8) is 0 Å². The summed E-state index contributed by atoms with van der Waals surface area (Å²) in [5.41, 5.74) is 2.92. The molecule has 0 aromatic heterocycles. The molecule has 0 saturated heterocycles. The van der Waals surface area contributed by atoms with E-state index in [0.29, 0.717) is 55.7 Å². The Morgan fingerprint density at radius 3 is 1.11 bits per heavy atom. The van der Waals surface area contributed by atoms with Crippen molar-refractivity contribution in [3.05, 3.63) is 70.8 Å². The summed E-state index contributed by atoms with van der Waals surface area (Å²) < 4.78 is 23.5. The quantitative estimate of drug-likeness (QED) is 0.0360. The zero-order valence-corrected chi connectivity index (χ0v) is 59.6. The number of imide groups is 2. The molecule has 18 atom stereocenters. The molecule has 0 radical (unpaired) electrons. The summed E-state index contributed by atoms with van der Waals surface area (Å²) >= 11 is 0. The molecule has 0 bridgehead atoms. The standard InChI is InChI=1S/C84H110N2O10/c1-47(2)13-11-15-49(5)65-29-31-67-59-19-17-51-45-53(33-37-81(51,7)69(59)35-39-83(65,67)9)95-79(91)93-43-41-85-75(87)61-25-21-55-57-23-27-63-74-64(28-24-58(72(57)74)56-22-26-62(76(85)88)73(61)71(55)56)78(90)86(77(63)89)42-44-94-80(92)96-54-34-38-82(8)52(46-54)18-20-60-68-32-30-66(50(6)16-12-14-48(3)4)84(68,10)40-36-70(60)82/h21-28,47-54,59-60,65-70H,11-20,29-46H2,1-10H3/t49-,50-,51?,52?,53+,54+,59+,60+,65-,66-,67+,68+,69+,70+,81+,82+,83-,84-/m1/s1. The molecule has 0 spiro atoms. The minimum atomic E-state index is -0.749. The van der Waals surface area contributed by atoms with Gasteiger partial charge in [0.1, 0.15) is 25.4 Å². The molecule has 2 heterocycles. The average molecular weight is 1310 g/mol. The third kappa shape index (κ3) is 10.7. The SMILES string of the molecule is CC(C)CCC[C@@H](C)[C@H]1CC[C@H]2[C@@H]3CCC4C[C@@H](OC(=O)OCCN5C(=O)c6ccc7c8ccc9c%10c(ccc(c%11ccc(c6c7%11)C5=O)c%108)C(=O)N(CCOC(=O)O[C@H]5CC[C@@]6(C)C(CC[C@H]7[C@@H]8CC[C@H]([C@H](C)CCCC(C)C)[C@@]8(C)CC[C@@H]76)C5)C9=O)CC[C@]4(C)[C@H]3CC[C@]12C. The summed E-state index contributed by atoms with van der Waals surface area (Å²) in [6.07, 6.45) is 27.5. The van der Waals surface area contributed by atoms with Crippen LogP contribution < -0.4 is 0 Å². The number of fused-ring (bicyclic) bond motifs is 12.